The molecule has 31 heavy (non-hydrogen) atoms. The molecule has 0 aliphatic carbocycles. The van der Waals surface area contributed by atoms with Crippen LogP contribution in [0.3, 0.4) is 0 Å². The Bertz CT molecular complexity index is 1100. The van der Waals surface area contributed by atoms with E-state index >= 15 is 0 Å². The quantitative estimate of drug-likeness (QED) is 0.465. The van der Waals surface area contributed by atoms with Crippen molar-refractivity contribution in [1.29, 1.82) is 0 Å². The van der Waals surface area contributed by atoms with Crippen molar-refractivity contribution in [2.45, 2.75) is 30.6 Å². The highest BCUT2D eigenvalue weighted by molar-refractivity contribution is 7.89. The van der Waals surface area contributed by atoms with Gasteiger partial charge in [0.05, 0.1) is 10.6 Å². The van der Waals surface area contributed by atoms with Crippen molar-refractivity contribution >= 4 is 33.4 Å². The topological polar surface area (TPSA) is 80.8 Å². The van der Waals surface area contributed by atoms with Gasteiger partial charge < -0.3 is 4.74 Å². The van der Waals surface area contributed by atoms with Crippen LogP contribution in [0.15, 0.2) is 41.3 Å². The van der Waals surface area contributed by atoms with E-state index in [1.807, 2.05) is 0 Å². The van der Waals surface area contributed by atoms with Crippen molar-refractivity contribution in [3.05, 3.63) is 64.2 Å². The van der Waals surface area contributed by atoms with Gasteiger partial charge in [0, 0.05) is 18.7 Å². The van der Waals surface area contributed by atoms with Gasteiger partial charge in [-0.05, 0) is 49.2 Å². The first kappa shape index (κ1) is 23.3. The van der Waals surface area contributed by atoms with Gasteiger partial charge in [-0.3, -0.25) is 4.79 Å². The lowest BCUT2D eigenvalue weighted by molar-refractivity contribution is 0.0474. The van der Waals surface area contributed by atoms with Crippen LogP contribution in [0.4, 0.5) is 8.78 Å². The average Bonchev–Trinajstić information content (AvgIpc) is 3.04. The summed E-state index contributed by atoms with van der Waals surface area (Å²) in [5, 5.41) is -0.0290. The molecule has 0 unspecified atom stereocenters. The van der Waals surface area contributed by atoms with E-state index in [2.05, 4.69) is 0 Å². The van der Waals surface area contributed by atoms with Crippen molar-refractivity contribution < 1.29 is 31.5 Å². The molecule has 0 N–H and O–H groups in total. The molecule has 0 amide bonds. The number of halogens is 3. The monoisotopic (exact) mass is 471 g/mol. The molecule has 0 aromatic heterocycles. The summed E-state index contributed by atoms with van der Waals surface area (Å²) < 4.78 is 58.6. The molecular weight excluding hydrogens is 452 g/mol. The van der Waals surface area contributed by atoms with Gasteiger partial charge in [-0.1, -0.05) is 24.4 Å². The van der Waals surface area contributed by atoms with Crippen LogP contribution in [0.5, 0.6) is 0 Å². The molecule has 166 valence electrons. The summed E-state index contributed by atoms with van der Waals surface area (Å²) in [5.41, 5.74) is -0.261. The highest BCUT2D eigenvalue weighted by Crippen LogP contribution is 2.28. The number of nitrogens with zero attached hydrogens (tertiary/aromatic N) is 1. The molecule has 0 radical (unpaired) electrons. The zero-order chi connectivity index (χ0) is 22.6. The van der Waals surface area contributed by atoms with Crippen molar-refractivity contribution in [3.8, 4) is 0 Å². The molecule has 6 nitrogen and oxygen atoms in total. The van der Waals surface area contributed by atoms with E-state index in [-0.39, 0.29) is 21.0 Å². The van der Waals surface area contributed by atoms with Crippen molar-refractivity contribution in [2.75, 3.05) is 19.7 Å². The van der Waals surface area contributed by atoms with Crippen LogP contribution in [0, 0.1) is 11.6 Å². The first-order valence-electron chi connectivity index (χ1n) is 9.65. The van der Waals surface area contributed by atoms with Crippen LogP contribution in [-0.2, 0) is 14.8 Å². The molecule has 1 fully saturated rings. The highest BCUT2D eigenvalue weighted by Gasteiger charge is 2.28. The van der Waals surface area contributed by atoms with E-state index in [4.69, 9.17) is 16.3 Å². The zero-order valence-electron chi connectivity index (χ0n) is 16.4. The number of carbonyl (C=O) groups is 2. The summed E-state index contributed by atoms with van der Waals surface area (Å²) in [5.74, 6) is -3.98. The van der Waals surface area contributed by atoms with Crippen LogP contribution in [0.2, 0.25) is 5.02 Å². The van der Waals surface area contributed by atoms with Crippen LogP contribution in [-0.4, -0.2) is 44.2 Å². The minimum atomic E-state index is -3.91. The maximum Gasteiger partial charge on any atom is 0.338 e. The molecule has 0 atom stereocenters. The Kier molecular flexibility index (Phi) is 7.40. The standard InChI is InChI=1S/C21H20ClF2NO5S/c22-16-7-5-15(12-20(16)31(28,29)25-9-3-1-2-4-10-25)21(27)30-13-19(26)14-6-8-17(23)18(24)11-14/h5-8,11-12H,1-4,9-10,13H2. The number of benzene rings is 2. The first-order chi connectivity index (χ1) is 14.7. The largest absolute Gasteiger partial charge is 0.454 e. The molecule has 1 aliphatic heterocycles. The molecule has 0 saturated carbocycles. The van der Waals surface area contributed by atoms with Gasteiger partial charge >= 0.3 is 5.97 Å². The van der Waals surface area contributed by atoms with E-state index in [1.165, 1.54) is 16.4 Å². The van der Waals surface area contributed by atoms with Gasteiger partial charge in [-0.15, -0.1) is 0 Å². The van der Waals surface area contributed by atoms with Gasteiger partial charge in [-0.25, -0.2) is 22.0 Å². The summed E-state index contributed by atoms with van der Waals surface area (Å²) in [6.45, 7) is 0.0207. The van der Waals surface area contributed by atoms with Crippen LogP contribution in [0.25, 0.3) is 0 Å². The zero-order valence-corrected chi connectivity index (χ0v) is 18.0. The number of esters is 1. The van der Waals surface area contributed by atoms with E-state index in [1.54, 1.807) is 0 Å². The lowest BCUT2D eigenvalue weighted by atomic mass is 10.1. The third-order valence-corrected chi connectivity index (χ3v) is 7.31. The number of rotatable bonds is 6. The second-order valence-electron chi connectivity index (χ2n) is 7.09. The van der Waals surface area contributed by atoms with Gasteiger partial charge in [0.2, 0.25) is 10.0 Å². The third kappa shape index (κ3) is 5.47. The first-order valence-corrected chi connectivity index (χ1v) is 11.5. The van der Waals surface area contributed by atoms with Crippen molar-refractivity contribution in [3.63, 3.8) is 0 Å². The molecule has 10 heteroatoms. The van der Waals surface area contributed by atoms with Gasteiger partial charge in [0.15, 0.2) is 24.0 Å². The maximum absolute atomic E-state index is 13.3. The van der Waals surface area contributed by atoms with Crippen LogP contribution >= 0.6 is 11.6 Å². The number of ketones is 1. The SMILES string of the molecule is O=C(COC(=O)c1ccc(Cl)c(S(=O)(=O)N2CCCCCC2)c1)c1ccc(F)c(F)c1. The van der Waals surface area contributed by atoms with Crippen molar-refractivity contribution in [1.82, 2.24) is 4.31 Å². The summed E-state index contributed by atoms with van der Waals surface area (Å²) in [7, 11) is -3.91. The molecule has 0 bridgehead atoms. The van der Waals surface area contributed by atoms with Gasteiger partial charge in [-0.2, -0.15) is 4.31 Å². The highest BCUT2D eigenvalue weighted by atomic mass is 35.5. The molecule has 2 aromatic rings. The fourth-order valence-electron chi connectivity index (χ4n) is 3.22. The van der Waals surface area contributed by atoms with E-state index < -0.39 is 40.0 Å². The molecule has 1 aliphatic rings. The van der Waals surface area contributed by atoms with Gasteiger partial charge in [0.1, 0.15) is 4.90 Å². The third-order valence-electron chi connectivity index (χ3n) is 4.93. The second-order valence-corrected chi connectivity index (χ2v) is 9.41. The Labute approximate surface area is 183 Å². The lowest BCUT2D eigenvalue weighted by Gasteiger charge is -2.21. The lowest BCUT2D eigenvalue weighted by Crippen LogP contribution is -2.32. The summed E-state index contributed by atoms with van der Waals surface area (Å²) in [4.78, 5) is 24.2. The fraction of sp³-hybridized carbons (Fsp3) is 0.333. The molecule has 0 spiro atoms. The maximum atomic E-state index is 13.3. The predicted molar refractivity (Wildman–Crippen MR) is 110 cm³/mol. The van der Waals surface area contributed by atoms with Crippen LogP contribution in [0.1, 0.15) is 46.4 Å². The molecule has 1 saturated heterocycles. The smallest absolute Gasteiger partial charge is 0.338 e. The van der Waals surface area contributed by atoms with E-state index in [0.29, 0.717) is 19.2 Å². The summed E-state index contributed by atoms with van der Waals surface area (Å²) in [6, 6.07) is 6.26. The molecule has 1 heterocycles. The minimum absolute atomic E-state index is 0.0290. The van der Waals surface area contributed by atoms with E-state index in [9.17, 15) is 26.8 Å². The average molecular weight is 472 g/mol. The number of Topliss-reactive ketones (excluding diaryl/α,β-unsaturated/α-hetero) is 1. The number of sulfonamides is 1. The Hall–Kier alpha value is -2.36. The van der Waals surface area contributed by atoms with Crippen molar-refractivity contribution in [2.24, 2.45) is 0 Å². The fourth-order valence-corrected chi connectivity index (χ4v) is 5.23. The molecule has 3 rings (SSSR count). The Morgan fingerprint density at radius 1 is 0.935 bits per heavy atom. The number of ether oxygens (including phenoxy) is 1. The summed E-state index contributed by atoms with van der Waals surface area (Å²) in [6.07, 6.45) is 3.37. The van der Waals surface area contributed by atoms with E-state index in [0.717, 1.165) is 43.9 Å². The number of hydrogen-bond acceptors (Lipinski definition) is 5. The summed E-state index contributed by atoms with van der Waals surface area (Å²) >= 11 is 6.10. The second kappa shape index (κ2) is 9.84. The molecular formula is C21H20ClF2NO5S. The predicted octanol–water partition coefficient (Wildman–Crippen LogP) is 4.22. The van der Waals surface area contributed by atoms with Gasteiger partial charge in [0.25, 0.3) is 0 Å². The Balaban J connectivity index is 1.75. The Morgan fingerprint density at radius 3 is 2.23 bits per heavy atom. The number of hydrogen-bond donors (Lipinski definition) is 0. The Morgan fingerprint density at radius 2 is 1.58 bits per heavy atom. The number of carbonyl (C=O) groups excluding carboxylic acids is 2. The van der Waals surface area contributed by atoms with Crippen LogP contribution < -0.4 is 0 Å². The minimum Gasteiger partial charge on any atom is -0.454 e. The normalized spacial score (nSPS) is 15.3. The molecule has 2 aromatic carbocycles.